The lowest BCUT2D eigenvalue weighted by Crippen LogP contribution is -2.45. The number of halogens is 3. The van der Waals surface area contributed by atoms with Crippen LogP contribution in [0.3, 0.4) is 0 Å². The fourth-order valence-electron chi connectivity index (χ4n) is 3.28. The molecule has 2 nitrogen and oxygen atoms in total. The van der Waals surface area contributed by atoms with Crippen LogP contribution in [0.1, 0.15) is 28.3 Å². The van der Waals surface area contributed by atoms with Gasteiger partial charge in [-0.2, -0.15) is 13.2 Å². The first kappa shape index (κ1) is 17.0. The van der Waals surface area contributed by atoms with Crippen molar-refractivity contribution in [1.29, 1.82) is 0 Å². The summed E-state index contributed by atoms with van der Waals surface area (Å²) in [5, 5.41) is 3.30. The van der Waals surface area contributed by atoms with E-state index in [1.54, 1.807) is 6.07 Å². The van der Waals surface area contributed by atoms with E-state index >= 15 is 0 Å². The summed E-state index contributed by atoms with van der Waals surface area (Å²) in [6, 6.07) is 13.6. The standard InChI is InChI=1S/C19H21F3N2/c1-14-4-2-5-15(12-14)18(24-10-8-23-9-11-24)16-6-3-7-17(13-16)19(20,21)22/h2-7,12-13,18,23H,8-11H2,1H3. The number of aryl methyl sites for hydroxylation is 1. The van der Waals surface area contributed by atoms with Crippen molar-refractivity contribution < 1.29 is 13.2 Å². The molecule has 0 spiro atoms. The normalized spacial score (nSPS) is 17.7. The Kier molecular flexibility index (Phi) is 4.92. The van der Waals surface area contributed by atoms with E-state index in [2.05, 4.69) is 16.3 Å². The molecule has 128 valence electrons. The summed E-state index contributed by atoms with van der Waals surface area (Å²) in [7, 11) is 0. The van der Waals surface area contributed by atoms with Crippen LogP contribution in [0.15, 0.2) is 48.5 Å². The molecule has 0 radical (unpaired) electrons. The highest BCUT2D eigenvalue weighted by molar-refractivity contribution is 5.37. The smallest absolute Gasteiger partial charge is 0.314 e. The molecule has 1 saturated heterocycles. The highest BCUT2D eigenvalue weighted by atomic mass is 19.4. The lowest BCUT2D eigenvalue weighted by Gasteiger charge is -2.36. The molecular formula is C19H21F3N2. The van der Waals surface area contributed by atoms with Gasteiger partial charge in [-0.1, -0.05) is 42.0 Å². The minimum atomic E-state index is -4.32. The third-order valence-electron chi connectivity index (χ3n) is 4.40. The van der Waals surface area contributed by atoms with E-state index in [0.29, 0.717) is 5.56 Å². The molecule has 5 heteroatoms. The van der Waals surface area contributed by atoms with Gasteiger partial charge in [-0.15, -0.1) is 0 Å². The van der Waals surface area contributed by atoms with E-state index in [1.807, 2.05) is 25.1 Å². The SMILES string of the molecule is Cc1cccc(C(c2cccc(C(F)(F)F)c2)N2CCNCC2)c1. The number of benzene rings is 2. The van der Waals surface area contributed by atoms with E-state index in [1.165, 1.54) is 12.1 Å². The van der Waals surface area contributed by atoms with E-state index in [4.69, 9.17) is 0 Å². The second-order valence-corrected chi connectivity index (χ2v) is 6.23. The van der Waals surface area contributed by atoms with Gasteiger partial charge in [-0.25, -0.2) is 0 Å². The summed E-state index contributed by atoms with van der Waals surface area (Å²) >= 11 is 0. The van der Waals surface area contributed by atoms with Gasteiger partial charge >= 0.3 is 6.18 Å². The van der Waals surface area contributed by atoms with Crippen molar-refractivity contribution in [2.24, 2.45) is 0 Å². The molecule has 1 N–H and O–H groups in total. The molecule has 24 heavy (non-hydrogen) atoms. The minimum absolute atomic E-state index is 0.158. The van der Waals surface area contributed by atoms with Gasteiger partial charge in [0.1, 0.15) is 0 Å². The van der Waals surface area contributed by atoms with Crippen LogP contribution in [0.2, 0.25) is 0 Å². The van der Waals surface area contributed by atoms with Crippen LogP contribution in [0.5, 0.6) is 0 Å². The number of rotatable bonds is 3. The molecular weight excluding hydrogens is 313 g/mol. The Bertz CT molecular complexity index is 691. The lowest BCUT2D eigenvalue weighted by atomic mass is 9.94. The summed E-state index contributed by atoms with van der Waals surface area (Å²) in [5.41, 5.74) is 2.25. The zero-order chi connectivity index (χ0) is 17.2. The van der Waals surface area contributed by atoms with Gasteiger partial charge in [0.05, 0.1) is 11.6 Å². The molecule has 1 aliphatic heterocycles. The van der Waals surface area contributed by atoms with Crippen LogP contribution in [0, 0.1) is 6.92 Å². The Hall–Kier alpha value is -1.85. The van der Waals surface area contributed by atoms with Crippen molar-refractivity contribution in [2.75, 3.05) is 26.2 Å². The van der Waals surface area contributed by atoms with Crippen LogP contribution in [-0.4, -0.2) is 31.1 Å². The van der Waals surface area contributed by atoms with Crippen molar-refractivity contribution in [1.82, 2.24) is 10.2 Å². The molecule has 0 saturated carbocycles. The first-order valence-corrected chi connectivity index (χ1v) is 8.13. The number of hydrogen-bond donors (Lipinski definition) is 1. The van der Waals surface area contributed by atoms with Crippen molar-refractivity contribution >= 4 is 0 Å². The number of hydrogen-bond acceptors (Lipinski definition) is 2. The van der Waals surface area contributed by atoms with Crippen molar-refractivity contribution in [3.63, 3.8) is 0 Å². The van der Waals surface area contributed by atoms with Crippen LogP contribution >= 0.6 is 0 Å². The molecule has 0 amide bonds. The van der Waals surface area contributed by atoms with E-state index in [9.17, 15) is 13.2 Å². The van der Waals surface area contributed by atoms with Crippen LogP contribution < -0.4 is 5.32 Å². The maximum absolute atomic E-state index is 13.1. The third kappa shape index (κ3) is 3.79. The Labute approximate surface area is 140 Å². The molecule has 0 aliphatic carbocycles. The van der Waals surface area contributed by atoms with Crippen LogP contribution in [-0.2, 0) is 6.18 Å². The molecule has 1 atom stereocenters. The van der Waals surface area contributed by atoms with Gasteiger partial charge in [0.25, 0.3) is 0 Å². The summed E-state index contributed by atoms with van der Waals surface area (Å²) in [6.07, 6.45) is -4.32. The van der Waals surface area contributed by atoms with Gasteiger partial charge in [0, 0.05) is 26.2 Å². The van der Waals surface area contributed by atoms with Gasteiger partial charge in [0.15, 0.2) is 0 Å². The van der Waals surface area contributed by atoms with Crippen molar-refractivity contribution in [3.05, 3.63) is 70.8 Å². The first-order chi connectivity index (χ1) is 11.4. The van der Waals surface area contributed by atoms with Crippen LogP contribution in [0.4, 0.5) is 13.2 Å². The Morgan fingerprint density at radius 3 is 2.21 bits per heavy atom. The summed E-state index contributed by atoms with van der Waals surface area (Å²) in [6.45, 7) is 5.33. The fourth-order valence-corrected chi connectivity index (χ4v) is 3.28. The highest BCUT2D eigenvalue weighted by Gasteiger charge is 2.32. The third-order valence-corrected chi connectivity index (χ3v) is 4.40. The second-order valence-electron chi connectivity index (χ2n) is 6.23. The fraction of sp³-hybridized carbons (Fsp3) is 0.368. The number of nitrogens with zero attached hydrogens (tertiary/aromatic N) is 1. The summed E-state index contributed by atoms with van der Waals surface area (Å²) in [4.78, 5) is 2.25. The molecule has 1 unspecified atom stereocenters. The maximum Gasteiger partial charge on any atom is 0.416 e. The van der Waals surface area contributed by atoms with E-state index in [-0.39, 0.29) is 6.04 Å². The highest BCUT2D eigenvalue weighted by Crippen LogP contribution is 2.34. The molecule has 1 aliphatic rings. The lowest BCUT2D eigenvalue weighted by molar-refractivity contribution is -0.137. The topological polar surface area (TPSA) is 15.3 Å². The van der Waals surface area contributed by atoms with Gasteiger partial charge < -0.3 is 5.32 Å². The Morgan fingerprint density at radius 1 is 0.958 bits per heavy atom. The Morgan fingerprint density at radius 2 is 1.58 bits per heavy atom. The van der Waals surface area contributed by atoms with E-state index in [0.717, 1.165) is 43.4 Å². The molecule has 0 bridgehead atoms. The summed E-state index contributed by atoms with van der Waals surface area (Å²) in [5.74, 6) is 0. The molecule has 1 fully saturated rings. The zero-order valence-corrected chi connectivity index (χ0v) is 13.6. The average Bonchev–Trinajstić information content (AvgIpc) is 2.56. The Balaban J connectivity index is 2.04. The second kappa shape index (κ2) is 6.95. The number of nitrogens with one attached hydrogen (secondary N) is 1. The van der Waals surface area contributed by atoms with Gasteiger partial charge in [-0.3, -0.25) is 4.90 Å². The monoisotopic (exact) mass is 334 g/mol. The minimum Gasteiger partial charge on any atom is -0.314 e. The largest absolute Gasteiger partial charge is 0.416 e. The van der Waals surface area contributed by atoms with Gasteiger partial charge in [0.2, 0.25) is 0 Å². The molecule has 1 heterocycles. The molecule has 0 aromatic heterocycles. The number of piperazine rings is 1. The first-order valence-electron chi connectivity index (χ1n) is 8.13. The van der Waals surface area contributed by atoms with Crippen LogP contribution in [0.25, 0.3) is 0 Å². The maximum atomic E-state index is 13.1. The quantitative estimate of drug-likeness (QED) is 0.912. The average molecular weight is 334 g/mol. The molecule has 3 rings (SSSR count). The predicted molar refractivity (Wildman–Crippen MR) is 88.9 cm³/mol. The predicted octanol–water partition coefficient (Wildman–Crippen LogP) is 4.01. The van der Waals surface area contributed by atoms with Crippen molar-refractivity contribution in [3.8, 4) is 0 Å². The summed E-state index contributed by atoms with van der Waals surface area (Å²) < 4.78 is 39.3. The zero-order valence-electron chi connectivity index (χ0n) is 13.6. The number of alkyl halides is 3. The van der Waals surface area contributed by atoms with E-state index < -0.39 is 11.7 Å². The molecule has 2 aromatic rings. The van der Waals surface area contributed by atoms with Crippen molar-refractivity contribution in [2.45, 2.75) is 19.1 Å². The van der Waals surface area contributed by atoms with Gasteiger partial charge in [-0.05, 0) is 30.2 Å². The molecule has 2 aromatic carbocycles.